The molecule has 0 radical (unpaired) electrons. The Morgan fingerprint density at radius 3 is 2.67 bits per heavy atom. The number of hydrogen-bond acceptors (Lipinski definition) is 2. The summed E-state index contributed by atoms with van der Waals surface area (Å²) in [5.41, 5.74) is 3.33. The molecule has 2 bridgehead atoms. The molecule has 1 amide bonds. The molecule has 166 valence electrons. The lowest BCUT2D eigenvalue weighted by molar-refractivity contribution is 0.118. The molecule has 3 nitrogen and oxygen atoms in total. The van der Waals surface area contributed by atoms with Crippen LogP contribution in [0, 0.1) is 41.9 Å². The topological polar surface area (TPSA) is 38.3 Å². The van der Waals surface area contributed by atoms with E-state index in [0.29, 0.717) is 29.9 Å². The van der Waals surface area contributed by atoms with Crippen LogP contribution in [-0.4, -0.2) is 18.7 Å². The third-order valence-corrected chi connectivity index (χ3v) is 8.83. The molecule has 6 atom stereocenters. The van der Waals surface area contributed by atoms with Crippen LogP contribution in [0.15, 0.2) is 24.3 Å². The highest BCUT2D eigenvalue weighted by Crippen LogP contribution is 2.72. The van der Waals surface area contributed by atoms with E-state index in [1.807, 2.05) is 6.92 Å². The van der Waals surface area contributed by atoms with Crippen molar-refractivity contribution in [1.29, 1.82) is 0 Å². The minimum absolute atomic E-state index is 0.197. The normalized spacial score (nSPS) is 32.1. The Kier molecular flexibility index (Phi) is 6.46. The average Bonchev–Trinajstić information content (AvgIpc) is 3.51. The Bertz CT molecular complexity index is 740. The Hall–Kier alpha value is -1.51. The van der Waals surface area contributed by atoms with Crippen LogP contribution in [0.5, 0.6) is 0 Å². The molecule has 3 aliphatic carbocycles. The van der Waals surface area contributed by atoms with Crippen LogP contribution in [0.3, 0.4) is 0 Å². The quantitative estimate of drug-likeness (QED) is 0.528. The van der Waals surface area contributed by atoms with E-state index in [1.165, 1.54) is 62.5 Å². The van der Waals surface area contributed by atoms with Crippen LogP contribution < -0.4 is 5.32 Å². The zero-order valence-corrected chi connectivity index (χ0v) is 19.5. The smallest absolute Gasteiger partial charge is 0.407 e. The summed E-state index contributed by atoms with van der Waals surface area (Å²) in [6.07, 6.45) is 10.1. The first-order valence-electron chi connectivity index (χ1n) is 12.5. The second-order valence-electron chi connectivity index (χ2n) is 10.4. The van der Waals surface area contributed by atoms with E-state index in [4.69, 9.17) is 4.74 Å². The van der Waals surface area contributed by atoms with Gasteiger partial charge in [-0.3, -0.25) is 0 Å². The van der Waals surface area contributed by atoms with E-state index >= 15 is 0 Å². The Balaban J connectivity index is 1.55. The van der Waals surface area contributed by atoms with Gasteiger partial charge in [0.25, 0.3) is 0 Å². The minimum Gasteiger partial charge on any atom is -0.450 e. The molecule has 3 saturated carbocycles. The number of amides is 1. The molecule has 30 heavy (non-hydrogen) atoms. The molecule has 6 unspecified atom stereocenters. The molecule has 0 saturated heterocycles. The zero-order chi connectivity index (χ0) is 21.3. The van der Waals surface area contributed by atoms with Crippen LogP contribution in [-0.2, 0) is 11.2 Å². The summed E-state index contributed by atoms with van der Waals surface area (Å²) in [5.74, 6) is 3.63. The number of hydrogen-bond donors (Lipinski definition) is 1. The Morgan fingerprint density at radius 1 is 1.23 bits per heavy atom. The highest BCUT2D eigenvalue weighted by atomic mass is 16.5. The van der Waals surface area contributed by atoms with Crippen molar-refractivity contribution in [2.45, 2.75) is 85.1 Å². The van der Waals surface area contributed by atoms with Gasteiger partial charge in [-0.25, -0.2) is 4.79 Å². The van der Waals surface area contributed by atoms with E-state index in [0.717, 1.165) is 17.8 Å². The van der Waals surface area contributed by atoms with Gasteiger partial charge in [-0.15, -0.1) is 0 Å². The third-order valence-electron chi connectivity index (χ3n) is 8.83. The highest BCUT2D eigenvalue weighted by Gasteiger charge is 2.68. The van der Waals surface area contributed by atoms with E-state index in [9.17, 15) is 4.79 Å². The fourth-order valence-electron chi connectivity index (χ4n) is 7.44. The van der Waals surface area contributed by atoms with Gasteiger partial charge in [0.05, 0.1) is 6.61 Å². The van der Waals surface area contributed by atoms with E-state index < -0.39 is 0 Å². The number of rotatable bonds is 8. The Morgan fingerprint density at radius 2 is 2.03 bits per heavy atom. The second kappa shape index (κ2) is 8.93. The zero-order valence-electron chi connectivity index (χ0n) is 19.5. The molecular formula is C27H41NO2. The van der Waals surface area contributed by atoms with Crippen molar-refractivity contribution < 1.29 is 9.53 Å². The summed E-state index contributed by atoms with van der Waals surface area (Å²) in [6.45, 7) is 9.29. The van der Waals surface area contributed by atoms with Crippen LogP contribution in [0.2, 0.25) is 0 Å². The number of ether oxygens (including phenoxy) is 1. The first kappa shape index (κ1) is 21.7. The van der Waals surface area contributed by atoms with Gasteiger partial charge in [0, 0.05) is 6.04 Å². The predicted molar refractivity (Wildman–Crippen MR) is 122 cm³/mol. The highest BCUT2D eigenvalue weighted by molar-refractivity contribution is 5.67. The largest absolute Gasteiger partial charge is 0.450 e. The van der Waals surface area contributed by atoms with Crippen molar-refractivity contribution in [3.63, 3.8) is 0 Å². The summed E-state index contributed by atoms with van der Waals surface area (Å²) in [6, 6.07) is 9.36. The molecule has 1 spiro atoms. The molecule has 3 fully saturated rings. The maximum absolute atomic E-state index is 12.4. The number of carbonyl (C=O) groups is 1. The van der Waals surface area contributed by atoms with Crippen molar-refractivity contribution >= 4 is 6.09 Å². The number of carbonyl (C=O) groups excluding carboxylic acids is 1. The molecular weight excluding hydrogens is 370 g/mol. The van der Waals surface area contributed by atoms with Gasteiger partial charge in [0.2, 0.25) is 0 Å². The fraction of sp³-hybridized carbons (Fsp3) is 0.741. The third kappa shape index (κ3) is 4.01. The number of nitrogens with one attached hydrogen (secondary N) is 1. The summed E-state index contributed by atoms with van der Waals surface area (Å²) < 4.78 is 5.30. The van der Waals surface area contributed by atoms with Crippen LogP contribution in [0.1, 0.15) is 76.8 Å². The predicted octanol–water partition coefficient (Wildman–Crippen LogP) is 6.53. The number of alkyl carbamates (subject to hydrolysis) is 1. The lowest BCUT2D eigenvalue weighted by atomic mass is 9.71. The van der Waals surface area contributed by atoms with Crippen LogP contribution in [0.25, 0.3) is 0 Å². The first-order valence-corrected chi connectivity index (χ1v) is 12.5. The molecule has 0 aliphatic heterocycles. The number of aryl methyl sites for hydroxylation is 2. The lowest BCUT2D eigenvalue weighted by Gasteiger charge is -2.37. The van der Waals surface area contributed by atoms with Crippen molar-refractivity contribution in [2.24, 2.45) is 35.0 Å². The van der Waals surface area contributed by atoms with E-state index in [2.05, 4.69) is 50.4 Å². The summed E-state index contributed by atoms with van der Waals surface area (Å²) in [5, 5.41) is 3.35. The van der Waals surface area contributed by atoms with Gasteiger partial charge in [0.1, 0.15) is 0 Å². The summed E-state index contributed by atoms with van der Waals surface area (Å²) in [4.78, 5) is 12.4. The van der Waals surface area contributed by atoms with Crippen LogP contribution in [0.4, 0.5) is 4.79 Å². The lowest BCUT2D eigenvalue weighted by Crippen LogP contribution is -2.46. The van der Waals surface area contributed by atoms with E-state index in [-0.39, 0.29) is 6.09 Å². The van der Waals surface area contributed by atoms with Gasteiger partial charge in [-0.05, 0) is 92.9 Å². The van der Waals surface area contributed by atoms with Crippen LogP contribution >= 0.6 is 0 Å². The molecule has 1 aromatic rings. The molecule has 0 heterocycles. The van der Waals surface area contributed by atoms with Crippen molar-refractivity contribution in [2.75, 3.05) is 6.61 Å². The fourth-order valence-corrected chi connectivity index (χ4v) is 7.44. The van der Waals surface area contributed by atoms with Crippen molar-refractivity contribution in [3.05, 3.63) is 35.4 Å². The standard InChI is InChI=1S/C27H41NO2/c1-5-19-16-22-24(21(6-2)12-11-20-10-8-9-18(4)15-20)27(13-14-27)23(17-19)25(22)28-26(29)30-7-3/h8-10,15,19,21-25H,5-7,11-14,16-17H2,1-4H3,(H,28,29). The molecule has 1 aromatic carbocycles. The average molecular weight is 412 g/mol. The number of fused-ring (bicyclic) bond motifs is 3. The molecule has 4 rings (SSSR count). The summed E-state index contributed by atoms with van der Waals surface area (Å²) >= 11 is 0. The van der Waals surface area contributed by atoms with Gasteiger partial charge in [0.15, 0.2) is 0 Å². The maximum Gasteiger partial charge on any atom is 0.407 e. The first-order chi connectivity index (χ1) is 14.5. The van der Waals surface area contributed by atoms with Crippen molar-refractivity contribution in [1.82, 2.24) is 5.32 Å². The molecule has 3 aliphatic rings. The van der Waals surface area contributed by atoms with Gasteiger partial charge >= 0.3 is 6.09 Å². The molecule has 1 N–H and O–H groups in total. The summed E-state index contributed by atoms with van der Waals surface area (Å²) in [7, 11) is 0. The minimum atomic E-state index is -0.197. The SMILES string of the molecule is CCOC(=O)NC1C2CC(CC)CC1C1(CC1)C2C(CC)CCc1cccc(C)c1. The molecule has 3 heteroatoms. The van der Waals surface area contributed by atoms with E-state index in [1.54, 1.807) is 0 Å². The Labute approximate surface area is 183 Å². The maximum atomic E-state index is 12.4. The second-order valence-corrected chi connectivity index (χ2v) is 10.4. The monoisotopic (exact) mass is 411 g/mol. The van der Waals surface area contributed by atoms with Gasteiger partial charge in [-0.1, -0.05) is 56.5 Å². The van der Waals surface area contributed by atoms with Crippen molar-refractivity contribution in [3.8, 4) is 0 Å². The molecule has 0 aromatic heterocycles. The van der Waals surface area contributed by atoms with Gasteiger partial charge < -0.3 is 10.1 Å². The number of benzene rings is 1. The van der Waals surface area contributed by atoms with Gasteiger partial charge in [-0.2, -0.15) is 0 Å².